The molecule has 0 aliphatic rings. The minimum atomic E-state index is -0.207. The van der Waals surface area contributed by atoms with E-state index in [0.29, 0.717) is 22.2 Å². The fraction of sp³-hybridized carbons (Fsp3) is 0.462. The number of nitrogen functional groups attached to an aromatic ring is 1. The maximum Gasteiger partial charge on any atom is 0.255 e. The van der Waals surface area contributed by atoms with Crippen LogP contribution in [0.3, 0.4) is 0 Å². The second-order valence-electron chi connectivity index (χ2n) is 4.71. The highest BCUT2D eigenvalue weighted by molar-refractivity contribution is 6.34. The Bertz CT molecular complexity index is 384. The molecule has 0 saturated carbocycles. The molecule has 17 heavy (non-hydrogen) atoms. The Morgan fingerprint density at radius 3 is 2.59 bits per heavy atom. The van der Waals surface area contributed by atoms with Crippen LogP contribution in [-0.4, -0.2) is 11.9 Å². The molecule has 0 spiro atoms. The molecule has 1 rings (SSSR count). The van der Waals surface area contributed by atoms with Crippen LogP contribution in [0.25, 0.3) is 0 Å². The third-order valence-electron chi connectivity index (χ3n) is 2.48. The van der Waals surface area contributed by atoms with Crippen molar-refractivity contribution in [2.24, 2.45) is 5.92 Å². The van der Waals surface area contributed by atoms with Gasteiger partial charge in [0.15, 0.2) is 0 Å². The number of amides is 1. The second-order valence-corrected chi connectivity index (χ2v) is 5.12. The van der Waals surface area contributed by atoms with E-state index in [1.54, 1.807) is 18.2 Å². The molecular weight excluding hydrogens is 236 g/mol. The maximum atomic E-state index is 12.0. The van der Waals surface area contributed by atoms with Gasteiger partial charge in [0.1, 0.15) is 0 Å². The average Bonchev–Trinajstić information content (AvgIpc) is 2.15. The summed E-state index contributed by atoms with van der Waals surface area (Å²) in [5.74, 6) is 0.329. The van der Waals surface area contributed by atoms with Crippen molar-refractivity contribution in [2.75, 3.05) is 5.73 Å². The molecule has 3 nitrogen and oxygen atoms in total. The first-order valence-electron chi connectivity index (χ1n) is 5.76. The highest BCUT2D eigenvalue weighted by Crippen LogP contribution is 2.22. The highest BCUT2D eigenvalue weighted by Gasteiger charge is 2.16. The Balaban J connectivity index is 2.77. The molecule has 0 aliphatic heterocycles. The van der Waals surface area contributed by atoms with Crippen LogP contribution in [0.5, 0.6) is 0 Å². The molecule has 1 aromatic carbocycles. The number of rotatable bonds is 4. The predicted octanol–water partition coefficient (Wildman–Crippen LogP) is 3.09. The van der Waals surface area contributed by atoms with Gasteiger partial charge >= 0.3 is 0 Å². The molecule has 0 radical (unpaired) electrons. The van der Waals surface area contributed by atoms with E-state index in [0.717, 1.165) is 6.42 Å². The summed E-state index contributed by atoms with van der Waals surface area (Å²) in [6.07, 6.45) is 0.927. The molecule has 0 heterocycles. The van der Waals surface area contributed by atoms with Crippen LogP contribution in [0.1, 0.15) is 37.6 Å². The highest BCUT2D eigenvalue weighted by atomic mass is 35.5. The molecule has 3 N–H and O–H groups in total. The molecule has 0 fully saturated rings. The van der Waals surface area contributed by atoms with Gasteiger partial charge in [-0.15, -0.1) is 0 Å². The van der Waals surface area contributed by atoms with Crippen LogP contribution in [0.2, 0.25) is 5.02 Å². The molecule has 1 unspecified atom stereocenters. The van der Waals surface area contributed by atoms with E-state index in [1.807, 2.05) is 6.92 Å². The van der Waals surface area contributed by atoms with E-state index in [1.165, 1.54) is 0 Å². The van der Waals surface area contributed by atoms with Crippen LogP contribution < -0.4 is 11.1 Å². The smallest absolute Gasteiger partial charge is 0.255 e. The van der Waals surface area contributed by atoms with Crippen molar-refractivity contribution in [1.82, 2.24) is 5.32 Å². The molecule has 0 aromatic heterocycles. The fourth-order valence-corrected chi connectivity index (χ4v) is 2.11. The largest absolute Gasteiger partial charge is 0.398 e. The van der Waals surface area contributed by atoms with Gasteiger partial charge in [0.05, 0.1) is 10.6 Å². The first-order valence-corrected chi connectivity index (χ1v) is 6.14. The van der Waals surface area contributed by atoms with E-state index in [2.05, 4.69) is 19.2 Å². The van der Waals surface area contributed by atoms with Crippen molar-refractivity contribution in [2.45, 2.75) is 33.2 Å². The summed E-state index contributed by atoms with van der Waals surface area (Å²) < 4.78 is 0. The topological polar surface area (TPSA) is 55.1 Å². The fourth-order valence-electron chi connectivity index (χ4n) is 1.84. The Labute approximate surface area is 107 Å². The summed E-state index contributed by atoms with van der Waals surface area (Å²) in [6.45, 7) is 6.21. The summed E-state index contributed by atoms with van der Waals surface area (Å²) in [4.78, 5) is 12.0. The first-order chi connectivity index (χ1) is 7.91. The molecular formula is C13H19ClN2O. The quantitative estimate of drug-likeness (QED) is 0.812. The molecule has 1 aromatic rings. The van der Waals surface area contributed by atoms with Gasteiger partial charge in [-0.3, -0.25) is 4.79 Å². The standard InChI is InChI=1S/C13H19ClN2O/c1-8(2)7-9(3)16-13(17)12-10(14)5-4-6-11(12)15/h4-6,8-9H,7,15H2,1-3H3,(H,16,17). The molecule has 0 saturated heterocycles. The van der Waals surface area contributed by atoms with E-state index in [-0.39, 0.29) is 11.9 Å². The average molecular weight is 255 g/mol. The second kappa shape index (κ2) is 5.92. The number of hydrogen-bond acceptors (Lipinski definition) is 2. The number of halogens is 1. The lowest BCUT2D eigenvalue weighted by molar-refractivity contribution is 0.0937. The van der Waals surface area contributed by atoms with Gasteiger partial charge in [-0.25, -0.2) is 0 Å². The molecule has 94 valence electrons. The van der Waals surface area contributed by atoms with Gasteiger partial charge in [0, 0.05) is 11.7 Å². The van der Waals surface area contributed by atoms with Gasteiger partial charge in [-0.2, -0.15) is 0 Å². The van der Waals surface area contributed by atoms with Crippen LogP contribution in [-0.2, 0) is 0 Å². The van der Waals surface area contributed by atoms with Crippen molar-refractivity contribution < 1.29 is 4.79 Å². The van der Waals surface area contributed by atoms with Gasteiger partial charge < -0.3 is 11.1 Å². The maximum absolute atomic E-state index is 12.0. The van der Waals surface area contributed by atoms with Crippen LogP contribution >= 0.6 is 11.6 Å². The van der Waals surface area contributed by atoms with Crippen LogP contribution in [0, 0.1) is 5.92 Å². The molecule has 0 bridgehead atoms. The van der Waals surface area contributed by atoms with E-state index < -0.39 is 0 Å². The third-order valence-corrected chi connectivity index (χ3v) is 2.79. The summed E-state index contributed by atoms with van der Waals surface area (Å²) in [5.41, 5.74) is 6.53. The lowest BCUT2D eigenvalue weighted by Crippen LogP contribution is -2.34. The zero-order chi connectivity index (χ0) is 13.0. The number of benzene rings is 1. The van der Waals surface area contributed by atoms with Crippen LogP contribution in [0.4, 0.5) is 5.69 Å². The summed E-state index contributed by atoms with van der Waals surface area (Å²) >= 11 is 5.97. The lowest BCUT2D eigenvalue weighted by atomic mass is 10.0. The minimum Gasteiger partial charge on any atom is -0.398 e. The molecule has 1 amide bonds. The Morgan fingerprint density at radius 2 is 2.06 bits per heavy atom. The zero-order valence-corrected chi connectivity index (χ0v) is 11.2. The lowest BCUT2D eigenvalue weighted by Gasteiger charge is -2.17. The van der Waals surface area contributed by atoms with E-state index in [9.17, 15) is 4.79 Å². The molecule has 4 heteroatoms. The number of hydrogen-bond donors (Lipinski definition) is 2. The summed E-state index contributed by atoms with van der Waals surface area (Å²) in [6, 6.07) is 5.18. The minimum absolute atomic E-state index is 0.109. The Hall–Kier alpha value is -1.22. The number of anilines is 1. The monoisotopic (exact) mass is 254 g/mol. The van der Waals surface area contributed by atoms with Gasteiger partial charge in [-0.05, 0) is 31.4 Å². The Kier molecular flexibility index (Phi) is 4.82. The van der Waals surface area contributed by atoms with Crippen molar-refractivity contribution in [1.29, 1.82) is 0 Å². The van der Waals surface area contributed by atoms with Crippen molar-refractivity contribution in [3.8, 4) is 0 Å². The predicted molar refractivity (Wildman–Crippen MR) is 72.2 cm³/mol. The number of nitrogens with two attached hydrogens (primary N) is 1. The van der Waals surface area contributed by atoms with Gasteiger partial charge in [-0.1, -0.05) is 31.5 Å². The first kappa shape index (κ1) is 13.8. The molecule has 0 aliphatic carbocycles. The summed E-state index contributed by atoms with van der Waals surface area (Å²) in [7, 11) is 0. The van der Waals surface area contributed by atoms with Crippen molar-refractivity contribution in [3.05, 3.63) is 28.8 Å². The zero-order valence-electron chi connectivity index (χ0n) is 10.5. The molecule has 1 atom stereocenters. The number of nitrogens with one attached hydrogen (secondary N) is 1. The SMILES string of the molecule is CC(C)CC(C)NC(=O)c1c(N)cccc1Cl. The van der Waals surface area contributed by atoms with E-state index >= 15 is 0 Å². The third kappa shape index (κ3) is 3.93. The van der Waals surface area contributed by atoms with Gasteiger partial charge in [0.25, 0.3) is 5.91 Å². The van der Waals surface area contributed by atoms with Gasteiger partial charge in [0.2, 0.25) is 0 Å². The van der Waals surface area contributed by atoms with Crippen molar-refractivity contribution in [3.63, 3.8) is 0 Å². The van der Waals surface area contributed by atoms with Crippen LogP contribution in [0.15, 0.2) is 18.2 Å². The van der Waals surface area contributed by atoms with Crippen molar-refractivity contribution >= 4 is 23.2 Å². The Morgan fingerprint density at radius 1 is 1.41 bits per heavy atom. The number of carbonyl (C=O) groups is 1. The normalized spacial score (nSPS) is 12.5. The number of carbonyl (C=O) groups excluding carboxylic acids is 1. The summed E-state index contributed by atoms with van der Waals surface area (Å²) in [5, 5.41) is 3.29. The van der Waals surface area contributed by atoms with E-state index in [4.69, 9.17) is 17.3 Å².